The van der Waals surface area contributed by atoms with E-state index in [-0.39, 0.29) is 24.1 Å². The number of carboxylic acids is 1. The summed E-state index contributed by atoms with van der Waals surface area (Å²) in [7, 11) is 0. The topological polar surface area (TPSA) is 109 Å². The molecule has 164 valence electrons. The van der Waals surface area contributed by atoms with Crippen molar-refractivity contribution in [2.24, 2.45) is 17.8 Å². The van der Waals surface area contributed by atoms with Gasteiger partial charge < -0.3 is 10.2 Å². The number of hydrogen-bond acceptors (Lipinski definition) is 5. The van der Waals surface area contributed by atoms with Crippen LogP contribution in [0.4, 0.5) is 0 Å². The lowest BCUT2D eigenvalue weighted by atomic mass is 10.1. The number of hydrogen-bond donors (Lipinski definition) is 2. The number of ketones is 3. The zero-order valence-corrected chi connectivity index (χ0v) is 17.8. The molecule has 4 unspecified atom stereocenters. The molecule has 0 radical (unpaired) electrons. The minimum absolute atomic E-state index is 0.0231. The second-order valence-electron chi connectivity index (χ2n) is 8.68. The fourth-order valence-corrected chi connectivity index (χ4v) is 3.73. The molecule has 0 saturated heterocycles. The Balaban J connectivity index is 0.000000195. The van der Waals surface area contributed by atoms with E-state index >= 15 is 0 Å². The van der Waals surface area contributed by atoms with Crippen LogP contribution in [0.3, 0.4) is 0 Å². The highest BCUT2D eigenvalue weighted by atomic mass is 16.4. The van der Waals surface area contributed by atoms with Gasteiger partial charge in [0, 0.05) is 32.1 Å². The van der Waals surface area contributed by atoms with Crippen LogP contribution in [0.15, 0.2) is 12.2 Å². The maximum Gasteiger partial charge on any atom is 0.306 e. The van der Waals surface area contributed by atoms with Gasteiger partial charge in [-0.1, -0.05) is 19.9 Å². The average molecular weight is 409 g/mol. The molecule has 29 heavy (non-hydrogen) atoms. The SMILES string of the molecule is CC1CCC(=O)C1.CC1CCC(O)C1.O=C1C=CCC1.O=C1CCC(C(=O)O)C1. The first kappa shape index (κ1) is 25.2. The number of Topliss-reactive ketones (excluding diaryl/α,β-unsaturated/α-hetero) is 2. The van der Waals surface area contributed by atoms with Crippen LogP contribution in [0, 0.1) is 17.8 Å². The Kier molecular flexibility index (Phi) is 11.7. The molecule has 4 aliphatic rings. The van der Waals surface area contributed by atoms with Gasteiger partial charge in [0.2, 0.25) is 0 Å². The minimum Gasteiger partial charge on any atom is -0.481 e. The van der Waals surface area contributed by atoms with Gasteiger partial charge in [0.15, 0.2) is 5.78 Å². The van der Waals surface area contributed by atoms with Gasteiger partial charge in [-0.3, -0.25) is 19.2 Å². The third kappa shape index (κ3) is 11.7. The normalized spacial score (nSPS) is 30.1. The van der Waals surface area contributed by atoms with E-state index in [4.69, 9.17) is 10.2 Å². The van der Waals surface area contributed by atoms with Crippen LogP contribution < -0.4 is 0 Å². The fraction of sp³-hybridized carbons (Fsp3) is 0.739. The molecule has 3 fully saturated rings. The van der Waals surface area contributed by atoms with Crippen LogP contribution in [0.1, 0.15) is 84.5 Å². The Morgan fingerprint density at radius 1 is 0.897 bits per heavy atom. The van der Waals surface area contributed by atoms with Crippen LogP contribution in [0.5, 0.6) is 0 Å². The van der Waals surface area contributed by atoms with Crippen molar-refractivity contribution in [3.05, 3.63) is 12.2 Å². The van der Waals surface area contributed by atoms with E-state index in [0.29, 0.717) is 24.5 Å². The van der Waals surface area contributed by atoms with Crippen molar-refractivity contribution in [2.45, 2.75) is 90.6 Å². The Bertz CT molecular complexity index is 586. The van der Waals surface area contributed by atoms with Gasteiger partial charge in [0.25, 0.3) is 0 Å². The summed E-state index contributed by atoms with van der Waals surface area (Å²) in [5.74, 6) is 1.03. The molecule has 0 amide bonds. The molecular formula is C23H36O6. The summed E-state index contributed by atoms with van der Waals surface area (Å²) in [6, 6.07) is 0. The van der Waals surface area contributed by atoms with E-state index in [9.17, 15) is 19.2 Å². The third-order valence-electron chi connectivity index (χ3n) is 5.62. The number of carboxylic acid groups (broad SMARTS) is 1. The van der Waals surface area contributed by atoms with Gasteiger partial charge in [-0.2, -0.15) is 0 Å². The summed E-state index contributed by atoms with van der Waals surface area (Å²) < 4.78 is 0. The van der Waals surface area contributed by atoms with E-state index in [1.807, 2.05) is 6.08 Å². The van der Waals surface area contributed by atoms with Crippen LogP contribution in [0.2, 0.25) is 0 Å². The molecular weight excluding hydrogens is 372 g/mol. The standard InChI is InChI=1S/C6H8O3.C6H12O.C6H10O.C5H6O/c7-5-2-1-4(3-5)6(8)9;2*1-5-2-3-6(7)4-5;6-5-3-1-2-4-5/h4H,1-3H2,(H,8,9);5-7H,2-4H2,1H3;5H,2-4H2,1H3;1,3H,2,4H2. The number of aliphatic carboxylic acids is 1. The number of carbonyl (C=O) groups is 4. The molecule has 6 heteroatoms. The number of aliphatic hydroxyl groups is 1. The number of rotatable bonds is 1. The summed E-state index contributed by atoms with van der Waals surface area (Å²) in [4.78, 5) is 41.3. The second kappa shape index (κ2) is 13.4. The Morgan fingerprint density at radius 2 is 1.55 bits per heavy atom. The Labute approximate surface area is 173 Å². The monoisotopic (exact) mass is 408 g/mol. The maximum atomic E-state index is 10.5. The summed E-state index contributed by atoms with van der Waals surface area (Å²) >= 11 is 0. The quantitative estimate of drug-likeness (QED) is 0.681. The third-order valence-corrected chi connectivity index (χ3v) is 5.62. The van der Waals surface area contributed by atoms with E-state index in [1.54, 1.807) is 6.08 Å². The first-order chi connectivity index (χ1) is 13.7. The second-order valence-corrected chi connectivity index (χ2v) is 8.68. The van der Waals surface area contributed by atoms with Crippen molar-refractivity contribution in [1.82, 2.24) is 0 Å². The largest absolute Gasteiger partial charge is 0.481 e. The van der Waals surface area contributed by atoms with E-state index in [2.05, 4.69) is 13.8 Å². The number of carbonyl (C=O) groups excluding carboxylic acids is 3. The number of allylic oxidation sites excluding steroid dienone is 2. The molecule has 0 aliphatic heterocycles. The summed E-state index contributed by atoms with van der Waals surface area (Å²) in [5, 5.41) is 17.3. The summed E-state index contributed by atoms with van der Waals surface area (Å²) in [6.07, 6.45) is 12.6. The van der Waals surface area contributed by atoms with Crippen molar-refractivity contribution in [3.8, 4) is 0 Å². The molecule has 2 N–H and O–H groups in total. The van der Waals surface area contributed by atoms with Crippen molar-refractivity contribution in [2.75, 3.05) is 0 Å². The van der Waals surface area contributed by atoms with Gasteiger partial charge >= 0.3 is 5.97 Å². The highest BCUT2D eigenvalue weighted by Crippen LogP contribution is 2.24. The lowest BCUT2D eigenvalue weighted by molar-refractivity contribution is -0.142. The molecule has 0 aromatic carbocycles. The highest BCUT2D eigenvalue weighted by Gasteiger charge is 2.27. The Morgan fingerprint density at radius 3 is 1.72 bits per heavy atom. The van der Waals surface area contributed by atoms with E-state index in [1.165, 1.54) is 6.42 Å². The van der Waals surface area contributed by atoms with Crippen LogP contribution in [-0.4, -0.2) is 39.6 Å². The van der Waals surface area contributed by atoms with Crippen molar-refractivity contribution >= 4 is 23.3 Å². The van der Waals surface area contributed by atoms with Crippen molar-refractivity contribution in [3.63, 3.8) is 0 Å². The molecule has 0 bridgehead atoms. The molecule has 6 nitrogen and oxygen atoms in total. The molecule has 0 aromatic heterocycles. The molecule has 4 rings (SSSR count). The lowest BCUT2D eigenvalue weighted by Crippen LogP contribution is -2.09. The first-order valence-corrected chi connectivity index (χ1v) is 10.8. The predicted octanol–water partition coefficient (Wildman–Crippen LogP) is 3.89. The molecule has 4 atom stereocenters. The maximum absolute atomic E-state index is 10.5. The summed E-state index contributed by atoms with van der Waals surface area (Å²) in [5.41, 5.74) is 0. The van der Waals surface area contributed by atoms with Gasteiger partial charge in [-0.15, -0.1) is 0 Å². The molecule has 0 aromatic rings. The van der Waals surface area contributed by atoms with E-state index < -0.39 is 11.9 Å². The van der Waals surface area contributed by atoms with Gasteiger partial charge in [0.05, 0.1) is 12.0 Å². The van der Waals surface area contributed by atoms with Gasteiger partial charge in [-0.25, -0.2) is 0 Å². The minimum atomic E-state index is -0.833. The van der Waals surface area contributed by atoms with Gasteiger partial charge in [-0.05, 0) is 56.4 Å². The van der Waals surface area contributed by atoms with Gasteiger partial charge in [0.1, 0.15) is 11.6 Å². The zero-order valence-electron chi connectivity index (χ0n) is 17.8. The lowest BCUT2D eigenvalue weighted by Gasteiger charge is -1.96. The highest BCUT2D eigenvalue weighted by molar-refractivity contribution is 5.91. The van der Waals surface area contributed by atoms with Crippen LogP contribution in [0.25, 0.3) is 0 Å². The van der Waals surface area contributed by atoms with E-state index in [0.717, 1.165) is 50.9 Å². The average Bonchev–Trinajstić information content (AvgIpc) is 3.43. The predicted molar refractivity (Wildman–Crippen MR) is 110 cm³/mol. The van der Waals surface area contributed by atoms with Crippen molar-refractivity contribution < 1.29 is 29.4 Å². The molecule has 0 heterocycles. The Hall–Kier alpha value is -1.82. The first-order valence-electron chi connectivity index (χ1n) is 10.8. The fourth-order valence-electron chi connectivity index (χ4n) is 3.73. The van der Waals surface area contributed by atoms with Crippen molar-refractivity contribution in [1.29, 1.82) is 0 Å². The molecule has 3 saturated carbocycles. The summed E-state index contributed by atoms with van der Waals surface area (Å²) in [6.45, 7) is 4.32. The zero-order chi connectivity index (χ0) is 21.8. The van der Waals surface area contributed by atoms with Crippen LogP contribution in [-0.2, 0) is 19.2 Å². The molecule has 4 aliphatic carbocycles. The molecule has 0 spiro atoms. The van der Waals surface area contributed by atoms with Crippen LogP contribution >= 0.6 is 0 Å². The number of aliphatic hydroxyl groups excluding tert-OH is 1. The smallest absolute Gasteiger partial charge is 0.306 e.